The van der Waals surface area contributed by atoms with Gasteiger partial charge >= 0.3 is 0 Å². The lowest BCUT2D eigenvalue weighted by atomic mass is 9.78. The molecule has 2 saturated carbocycles. The summed E-state index contributed by atoms with van der Waals surface area (Å²) in [5.74, 6) is -1.41. The zero-order valence-corrected chi connectivity index (χ0v) is 14.7. The highest BCUT2D eigenvalue weighted by Crippen LogP contribution is 2.48. The third-order valence-electron chi connectivity index (χ3n) is 5.60. The van der Waals surface area contributed by atoms with Crippen LogP contribution in [0.5, 0.6) is 0 Å². The standard InChI is InChI=1S/C19H20FN5O2/c20-13-3-1-8-23-15(13)17(27)25-19-5-2-4-18(12-19,6-7-19)24-16(26)14-11-21-9-10-22-14/h1,3,8-11H,2,4-7,12H2,(H,24,26)(H,25,27). The number of rotatable bonds is 4. The molecule has 2 fully saturated rings. The Morgan fingerprint density at radius 3 is 2.37 bits per heavy atom. The summed E-state index contributed by atoms with van der Waals surface area (Å²) in [4.78, 5) is 36.9. The number of pyridine rings is 1. The predicted molar refractivity (Wildman–Crippen MR) is 94.3 cm³/mol. The SMILES string of the molecule is O=C(NC12CCCC(NC(=O)c3ncccc3F)(CC1)C2)c1cnccn1. The summed E-state index contributed by atoms with van der Waals surface area (Å²) in [7, 11) is 0. The summed E-state index contributed by atoms with van der Waals surface area (Å²) < 4.78 is 13.9. The van der Waals surface area contributed by atoms with Crippen LogP contribution in [0.1, 0.15) is 59.5 Å². The molecule has 2 N–H and O–H groups in total. The number of halogens is 1. The highest BCUT2D eigenvalue weighted by atomic mass is 19.1. The third kappa shape index (κ3) is 3.39. The molecule has 0 radical (unpaired) electrons. The third-order valence-corrected chi connectivity index (χ3v) is 5.60. The fourth-order valence-corrected chi connectivity index (χ4v) is 4.41. The van der Waals surface area contributed by atoms with E-state index in [0.717, 1.165) is 32.1 Å². The van der Waals surface area contributed by atoms with Gasteiger partial charge in [0, 0.05) is 29.7 Å². The minimum absolute atomic E-state index is 0.196. The van der Waals surface area contributed by atoms with Gasteiger partial charge < -0.3 is 10.6 Å². The van der Waals surface area contributed by atoms with E-state index in [1.165, 1.54) is 36.9 Å². The van der Waals surface area contributed by atoms with E-state index in [1.54, 1.807) is 0 Å². The summed E-state index contributed by atoms with van der Waals surface area (Å²) in [6, 6.07) is 2.67. The van der Waals surface area contributed by atoms with Crippen molar-refractivity contribution in [1.29, 1.82) is 0 Å². The van der Waals surface area contributed by atoms with Gasteiger partial charge in [-0.3, -0.25) is 14.6 Å². The van der Waals surface area contributed by atoms with Crippen LogP contribution >= 0.6 is 0 Å². The molecular formula is C19H20FN5O2. The smallest absolute Gasteiger partial charge is 0.273 e. The van der Waals surface area contributed by atoms with E-state index < -0.39 is 17.3 Å². The van der Waals surface area contributed by atoms with Crippen LogP contribution in [0.25, 0.3) is 0 Å². The Morgan fingerprint density at radius 2 is 1.70 bits per heavy atom. The van der Waals surface area contributed by atoms with Crippen molar-refractivity contribution < 1.29 is 14.0 Å². The average molecular weight is 369 g/mol. The maximum Gasteiger partial charge on any atom is 0.273 e. The fourth-order valence-electron chi connectivity index (χ4n) is 4.41. The molecule has 8 heteroatoms. The first-order chi connectivity index (χ1) is 13.0. The van der Waals surface area contributed by atoms with E-state index >= 15 is 0 Å². The molecule has 7 nitrogen and oxygen atoms in total. The van der Waals surface area contributed by atoms with Crippen LogP contribution in [-0.2, 0) is 0 Å². The molecule has 2 bridgehead atoms. The minimum atomic E-state index is -0.637. The van der Waals surface area contributed by atoms with Crippen molar-refractivity contribution in [3.8, 4) is 0 Å². The van der Waals surface area contributed by atoms with Gasteiger partial charge in [-0.15, -0.1) is 0 Å². The van der Waals surface area contributed by atoms with Crippen molar-refractivity contribution in [2.45, 2.75) is 49.6 Å². The summed E-state index contributed by atoms with van der Waals surface area (Å²) in [5, 5.41) is 6.10. The Hall–Kier alpha value is -2.90. The lowest BCUT2D eigenvalue weighted by Gasteiger charge is -2.40. The van der Waals surface area contributed by atoms with Gasteiger partial charge in [0.25, 0.3) is 11.8 Å². The average Bonchev–Trinajstić information content (AvgIpc) is 2.92. The topological polar surface area (TPSA) is 96.9 Å². The van der Waals surface area contributed by atoms with Crippen LogP contribution < -0.4 is 10.6 Å². The van der Waals surface area contributed by atoms with Crippen molar-refractivity contribution >= 4 is 11.8 Å². The molecule has 4 rings (SSSR count). The molecule has 2 aliphatic rings. The Morgan fingerprint density at radius 1 is 0.963 bits per heavy atom. The Balaban J connectivity index is 1.49. The quantitative estimate of drug-likeness (QED) is 0.859. The van der Waals surface area contributed by atoms with Crippen LogP contribution in [0.15, 0.2) is 36.9 Å². The van der Waals surface area contributed by atoms with Crippen LogP contribution in [0.4, 0.5) is 4.39 Å². The zero-order chi connectivity index (χ0) is 18.9. The number of aromatic nitrogens is 3. The second-order valence-corrected chi connectivity index (χ2v) is 7.42. The van der Waals surface area contributed by atoms with E-state index in [-0.39, 0.29) is 22.8 Å². The molecule has 27 heavy (non-hydrogen) atoms. The van der Waals surface area contributed by atoms with Crippen molar-refractivity contribution in [2.24, 2.45) is 0 Å². The molecule has 2 aromatic heterocycles. The normalized spacial score (nSPS) is 26.4. The van der Waals surface area contributed by atoms with Gasteiger partial charge in [0.1, 0.15) is 5.69 Å². The molecule has 2 aliphatic carbocycles. The molecule has 2 atom stereocenters. The molecule has 2 amide bonds. The lowest BCUT2D eigenvalue weighted by Crippen LogP contribution is -2.55. The first-order valence-corrected chi connectivity index (χ1v) is 9.03. The highest BCUT2D eigenvalue weighted by molar-refractivity contribution is 5.93. The summed E-state index contributed by atoms with van der Waals surface area (Å²) in [6.45, 7) is 0. The van der Waals surface area contributed by atoms with Crippen LogP contribution in [-0.4, -0.2) is 37.8 Å². The molecule has 0 aromatic carbocycles. The number of hydrogen-bond acceptors (Lipinski definition) is 5. The van der Waals surface area contributed by atoms with Gasteiger partial charge in [0.15, 0.2) is 11.5 Å². The lowest BCUT2D eigenvalue weighted by molar-refractivity contribution is 0.0824. The van der Waals surface area contributed by atoms with Gasteiger partial charge in [-0.05, 0) is 50.7 Å². The monoisotopic (exact) mass is 369 g/mol. The number of carbonyl (C=O) groups is 2. The first-order valence-electron chi connectivity index (χ1n) is 9.03. The van der Waals surface area contributed by atoms with E-state index in [2.05, 4.69) is 25.6 Å². The van der Waals surface area contributed by atoms with Crippen molar-refractivity contribution in [3.63, 3.8) is 0 Å². The Labute approximate surface area is 155 Å². The number of carbonyl (C=O) groups excluding carboxylic acids is 2. The molecule has 2 aromatic rings. The van der Waals surface area contributed by atoms with Gasteiger partial charge in [0.05, 0.1) is 6.20 Å². The van der Waals surface area contributed by atoms with Gasteiger partial charge in [-0.1, -0.05) is 0 Å². The highest BCUT2D eigenvalue weighted by Gasteiger charge is 2.52. The van der Waals surface area contributed by atoms with E-state index in [1.807, 2.05) is 0 Å². The van der Waals surface area contributed by atoms with E-state index in [0.29, 0.717) is 6.42 Å². The number of hydrogen-bond donors (Lipinski definition) is 2. The van der Waals surface area contributed by atoms with Gasteiger partial charge in [-0.2, -0.15) is 0 Å². The van der Waals surface area contributed by atoms with Gasteiger partial charge in [0.2, 0.25) is 0 Å². The fraction of sp³-hybridized carbons (Fsp3) is 0.421. The molecule has 2 heterocycles. The number of nitrogens with zero attached hydrogens (tertiary/aromatic N) is 3. The first kappa shape index (κ1) is 17.5. The molecule has 0 aliphatic heterocycles. The van der Waals surface area contributed by atoms with Crippen molar-refractivity contribution in [2.75, 3.05) is 0 Å². The predicted octanol–water partition coefficient (Wildman–Crippen LogP) is 2.02. The second-order valence-electron chi connectivity index (χ2n) is 7.42. The second kappa shape index (κ2) is 6.68. The van der Waals surface area contributed by atoms with Crippen molar-refractivity contribution in [1.82, 2.24) is 25.6 Å². The molecular weight excluding hydrogens is 349 g/mol. The Bertz CT molecular complexity index is 877. The van der Waals surface area contributed by atoms with E-state index in [4.69, 9.17) is 0 Å². The minimum Gasteiger partial charge on any atom is -0.345 e. The van der Waals surface area contributed by atoms with Crippen LogP contribution in [0, 0.1) is 5.82 Å². The summed E-state index contributed by atoms with van der Waals surface area (Å²) >= 11 is 0. The summed E-state index contributed by atoms with van der Waals surface area (Å²) in [6.07, 6.45) is 10.4. The number of fused-ring (bicyclic) bond motifs is 2. The molecule has 140 valence electrons. The maximum atomic E-state index is 13.9. The van der Waals surface area contributed by atoms with Gasteiger partial charge in [-0.25, -0.2) is 14.4 Å². The Kier molecular flexibility index (Phi) is 4.33. The molecule has 0 saturated heterocycles. The molecule has 0 spiro atoms. The van der Waals surface area contributed by atoms with E-state index in [9.17, 15) is 14.0 Å². The number of nitrogens with one attached hydrogen (secondary N) is 2. The molecule has 2 unspecified atom stereocenters. The zero-order valence-electron chi connectivity index (χ0n) is 14.7. The largest absolute Gasteiger partial charge is 0.345 e. The van der Waals surface area contributed by atoms with Crippen molar-refractivity contribution in [3.05, 3.63) is 54.1 Å². The van der Waals surface area contributed by atoms with Crippen LogP contribution in [0.3, 0.4) is 0 Å². The summed E-state index contributed by atoms with van der Waals surface area (Å²) in [5.41, 5.74) is -0.759. The van der Waals surface area contributed by atoms with Crippen LogP contribution in [0.2, 0.25) is 0 Å². The number of amides is 2. The maximum absolute atomic E-state index is 13.9.